The maximum atomic E-state index is 13.5. The molecule has 1 aromatic heterocycles. The summed E-state index contributed by atoms with van der Waals surface area (Å²) < 4.78 is 26.4. The van der Waals surface area contributed by atoms with E-state index < -0.39 is 17.7 Å². The van der Waals surface area contributed by atoms with Crippen molar-refractivity contribution in [3.63, 3.8) is 0 Å². The van der Waals surface area contributed by atoms with Gasteiger partial charge < -0.3 is 4.90 Å². The molecule has 0 bridgehead atoms. The number of amides is 1. The van der Waals surface area contributed by atoms with E-state index in [1.165, 1.54) is 37.4 Å². The van der Waals surface area contributed by atoms with Gasteiger partial charge in [0.05, 0.1) is 5.69 Å². The minimum Gasteiger partial charge on any atom is -0.307 e. The van der Waals surface area contributed by atoms with E-state index >= 15 is 0 Å². The summed E-state index contributed by atoms with van der Waals surface area (Å²) in [6.07, 6.45) is 0. The zero-order chi connectivity index (χ0) is 13.1. The molecular weight excluding hydrogens is 238 g/mol. The molecule has 2 aromatic rings. The summed E-state index contributed by atoms with van der Waals surface area (Å²) in [5.74, 6) is -1.84. The van der Waals surface area contributed by atoms with Crippen LogP contribution in [0.2, 0.25) is 0 Å². The van der Waals surface area contributed by atoms with Gasteiger partial charge in [-0.05, 0) is 24.3 Å². The molecule has 0 spiro atoms. The van der Waals surface area contributed by atoms with Crippen molar-refractivity contribution >= 4 is 11.6 Å². The molecule has 0 aliphatic rings. The standard InChI is InChI=1S/C13H10F2N2O/c1-17(11-7-3-2-5-9(11)14)13(18)10-6-4-8-12(15)16-10/h2-8H,1H3. The average molecular weight is 248 g/mol. The first-order chi connectivity index (χ1) is 8.59. The van der Waals surface area contributed by atoms with E-state index in [9.17, 15) is 13.6 Å². The third-order valence-electron chi connectivity index (χ3n) is 2.45. The second-order valence-corrected chi connectivity index (χ2v) is 3.66. The molecule has 0 unspecified atom stereocenters. The van der Waals surface area contributed by atoms with Crippen LogP contribution < -0.4 is 4.90 Å². The number of carbonyl (C=O) groups is 1. The minimum absolute atomic E-state index is 0.0687. The van der Waals surface area contributed by atoms with Gasteiger partial charge in [0.2, 0.25) is 5.95 Å². The number of para-hydroxylation sites is 1. The fraction of sp³-hybridized carbons (Fsp3) is 0.0769. The number of anilines is 1. The van der Waals surface area contributed by atoms with Crippen molar-refractivity contribution in [3.05, 3.63) is 59.9 Å². The predicted octanol–water partition coefficient (Wildman–Crippen LogP) is 2.64. The van der Waals surface area contributed by atoms with E-state index in [4.69, 9.17) is 0 Å². The van der Waals surface area contributed by atoms with Crippen LogP contribution in [-0.2, 0) is 0 Å². The molecule has 0 saturated carbocycles. The van der Waals surface area contributed by atoms with Crippen LogP contribution in [0.5, 0.6) is 0 Å². The maximum absolute atomic E-state index is 13.5. The van der Waals surface area contributed by atoms with Crippen LogP contribution in [0.15, 0.2) is 42.5 Å². The van der Waals surface area contributed by atoms with Crippen LogP contribution in [0.25, 0.3) is 0 Å². The second kappa shape index (κ2) is 4.91. The zero-order valence-corrected chi connectivity index (χ0v) is 9.60. The molecule has 0 radical (unpaired) electrons. The molecular formula is C13H10F2N2O. The molecule has 0 atom stereocenters. The lowest BCUT2D eigenvalue weighted by atomic mass is 10.2. The number of rotatable bonds is 2. The van der Waals surface area contributed by atoms with Gasteiger partial charge in [-0.2, -0.15) is 4.39 Å². The van der Waals surface area contributed by atoms with Crippen molar-refractivity contribution in [2.24, 2.45) is 0 Å². The van der Waals surface area contributed by atoms with Crippen molar-refractivity contribution in [1.82, 2.24) is 4.98 Å². The Bertz CT molecular complexity index is 587. The number of benzene rings is 1. The zero-order valence-electron chi connectivity index (χ0n) is 9.60. The Morgan fingerprint density at radius 1 is 1.11 bits per heavy atom. The van der Waals surface area contributed by atoms with Gasteiger partial charge in [0.15, 0.2) is 0 Å². The normalized spacial score (nSPS) is 10.2. The highest BCUT2D eigenvalue weighted by Crippen LogP contribution is 2.18. The summed E-state index contributed by atoms with van der Waals surface area (Å²) in [6, 6.07) is 9.75. The van der Waals surface area contributed by atoms with Crippen LogP contribution in [0.4, 0.5) is 14.5 Å². The van der Waals surface area contributed by atoms with Gasteiger partial charge in [-0.15, -0.1) is 0 Å². The summed E-state index contributed by atoms with van der Waals surface area (Å²) in [7, 11) is 1.41. The van der Waals surface area contributed by atoms with Gasteiger partial charge in [-0.25, -0.2) is 9.37 Å². The monoisotopic (exact) mass is 248 g/mol. The lowest BCUT2D eigenvalue weighted by molar-refractivity contribution is 0.0986. The van der Waals surface area contributed by atoms with Crippen molar-refractivity contribution in [2.45, 2.75) is 0 Å². The third kappa shape index (κ3) is 2.34. The number of carbonyl (C=O) groups excluding carboxylic acids is 1. The highest BCUT2D eigenvalue weighted by atomic mass is 19.1. The second-order valence-electron chi connectivity index (χ2n) is 3.66. The highest BCUT2D eigenvalue weighted by molar-refractivity contribution is 6.04. The van der Waals surface area contributed by atoms with Gasteiger partial charge in [0.1, 0.15) is 11.5 Å². The maximum Gasteiger partial charge on any atom is 0.276 e. The first kappa shape index (κ1) is 12.2. The van der Waals surface area contributed by atoms with Gasteiger partial charge in [0.25, 0.3) is 5.91 Å². The van der Waals surface area contributed by atoms with E-state index in [0.717, 1.165) is 11.0 Å². The molecule has 0 fully saturated rings. The first-order valence-electron chi connectivity index (χ1n) is 5.25. The molecule has 3 nitrogen and oxygen atoms in total. The summed E-state index contributed by atoms with van der Waals surface area (Å²) in [5.41, 5.74) is 0.0503. The Hall–Kier alpha value is -2.30. The average Bonchev–Trinajstić information content (AvgIpc) is 2.37. The topological polar surface area (TPSA) is 33.2 Å². The molecule has 92 valence electrons. The van der Waals surface area contributed by atoms with E-state index in [2.05, 4.69) is 4.98 Å². The van der Waals surface area contributed by atoms with Crippen LogP contribution in [0.1, 0.15) is 10.5 Å². The van der Waals surface area contributed by atoms with Crippen LogP contribution in [0, 0.1) is 11.8 Å². The molecule has 0 saturated heterocycles. The lowest BCUT2D eigenvalue weighted by Gasteiger charge is -2.17. The van der Waals surface area contributed by atoms with E-state index in [1.807, 2.05) is 0 Å². The summed E-state index contributed by atoms with van der Waals surface area (Å²) in [6.45, 7) is 0. The van der Waals surface area contributed by atoms with E-state index in [-0.39, 0.29) is 11.4 Å². The summed E-state index contributed by atoms with van der Waals surface area (Å²) in [4.78, 5) is 16.5. The van der Waals surface area contributed by atoms with Crippen LogP contribution in [-0.4, -0.2) is 17.9 Å². The number of hydrogen-bond acceptors (Lipinski definition) is 2. The lowest BCUT2D eigenvalue weighted by Crippen LogP contribution is -2.28. The third-order valence-corrected chi connectivity index (χ3v) is 2.45. The molecule has 5 heteroatoms. The van der Waals surface area contributed by atoms with Crippen molar-refractivity contribution in [1.29, 1.82) is 0 Å². The molecule has 2 rings (SSSR count). The van der Waals surface area contributed by atoms with Gasteiger partial charge >= 0.3 is 0 Å². The molecule has 0 aliphatic heterocycles. The van der Waals surface area contributed by atoms with Crippen molar-refractivity contribution in [2.75, 3.05) is 11.9 Å². The van der Waals surface area contributed by atoms with E-state index in [1.54, 1.807) is 6.07 Å². The number of aromatic nitrogens is 1. The fourth-order valence-electron chi connectivity index (χ4n) is 1.53. The fourth-order valence-corrected chi connectivity index (χ4v) is 1.53. The minimum atomic E-state index is -0.747. The quantitative estimate of drug-likeness (QED) is 0.765. The van der Waals surface area contributed by atoms with E-state index in [0.29, 0.717) is 0 Å². The highest BCUT2D eigenvalue weighted by Gasteiger charge is 2.17. The van der Waals surface area contributed by atoms with Gasteiger partial charge in [0, 0.05) is 7.05 Å². The smallest absolute Gasteiger partial charge is 0.276 e. The first-order valence-corrected chi connectivity index (χ1v) is 5.25. The predicted molar refractivity (Wildman–Crippen MR) is 63.3 cm³/mol. The molecule has 1 heterocycles. The number of pyridine rings is 1. The molecule has 1 aromatic carbocycles. The largest absolute Gasteiger partial charge is 0.307 e. The summed E-state index contributed by atoms with van der Waals surface area (Å²) >= 11 is 0. The van der Waals surface area contributed by atoms with Crippen LogP contribution >= 0.6 is 0 Å². The van der Waals surface area contributed by atoms with Gasteiger partial charge in [-0.3, -0.25) is 4.79 Å². The number of halogens is 2. The van der Waals surface area contributed by atoms with Crippen LogP contribution in [0.3, 0.4) is 0 Å². The molecule has 1 amide bonds. The Morgan fingerprint density at radius 2 is 1.83 bits per heavy atom. The van der Waals surface area contributed by atoms with Gasteiger partial charge in [-0.1, -0.05) is 18.2 Å². The van der Waals surface area contributed by atoms with Crippen molar-refractivity contribution in [3.8, 4) is 0 Å². The van der Waals surface area contributed by atoms with Crippen molar-refractivity contribution < 1.29 is 13.6 Å². The Kier molecular flexibility index (Phi) is 3.32. The molecule has 18 heavy (non-hydrogen) atoms. The Balaban J connectivity index is 2.32. The molecule has 0 N–H and O–H groups in total. The number of nitrogens with zero attached hydrogens (tertiary/aromatic N) is 2. The Morgan fingerprint density at radius 3 is 2.50 bits per heavy atom. The summed E-state index contributed by atoms with van der Waals surface area (Å²) in [5, 5.41) is 0. The number of hydrogen-bond donors (Lipinski definition) is 0. The SMILES string of the molecule is CN(C(=O)c1cccc(F)n1)c1ccccc1F. The Labute approximate surface area is 103 Å². The molecule has 0 aliphatic carbocycles.